The topological polar surface area (TPSA) is 79.7 Å². The molecule has 0 spiro atoms. The summed E-state index contributed by atoms with van der Waals surface area (Å²) in [5, 5.41) is 12.1. The van der Waals surface area contributed by atoms with Crippen LogP contribution in [-0.2, 0) is 9.59 Å². The zero-order valence-electron chi connectivity index (χ0n) is 19.9. The first kappa shape index (κ1) is 24.0. The minimum atomic E-state index is -0.843. The van der Waals surface area contributed by atoms with Crippen LogP contribution in [0.4, 0.5) is 5.13 Å². The molecule has 36 heavy (non-hydrogen) atoms. The fourth-order valence-corrected chi connectivity index (χ4v) is 5.44. The predicted octanol–water partition coefficient (Wildman–Crippen LogP) is 6.71. The molecule has 8 heteroatoms. The van der Waals surface area contributed by atoms with Crippen molar-refractivity contribution in [1.82, 2.24) is 4.98 Å². The Balaban J connectivity index is 1.70. The molecule has 1 aromatic heterocycles. The van der Waals surface area contributed by atoms with Gasteiger partial charge in [0.2, 0.25) is 0 Å². The number of ether oxygens (including phenoxy) is 1. The van der Waals surface area contributed by atoms with Crippen LogP contribution in [0, 0.1) is 0 Å². The Bertz CT molecular complexity index is 1510. The van der Waals surface area contributed by atoms with Crippen molar-refractivity contribution in [3.8, 4) is 5.75 Å². The van der Waals surface area contributed by atoms with Gasteiger partial charge in [-0.15, -0.1) is 0 Å². The number of aliphatic hydroxyl groups excluding tert-OH is 1. The van der Waals surface area contributed by atoms with Crippen LogP contribution in [0.25, 0.3) is 16.0 Å². The number of halogens is 1. The van der Waals surface area contributed by atoms with E-state index < -0.39 is 17.7 Å². The Morgan fingerprint density at radius 1 is 1.06 bits per heavy atom. The standard InChI is InChI=1S/C28H23ClN2O4S/c1-15(2)16-4-6-17(7-5-16)24-23(25(32)18-8-10-19(29)11-9-18)26(33)27(34)31(24)28-30-21-13-12-20(35-3)14-22(21)36-28/h4-15,24,32H,1-3H3/b25-23+/t24-/m1/s1. The highest BCUT2D eigenvalue weighted by Crippen LogP contribution is 2.44. The van der Waals surface area contributed by atoms with Crippen molar-refractivity contribution in [2.45, 2.75) is 25.8 Å². The van der Waals surface area contributed by atoms with E-state index in [1.54, 1.807) is 37.4 Å². The summed E-state index contributed by atoms with van der Waals surface area (Å²) in [5.74, 6) is -0.776. The molecule has 1 amide bonds. The molecule has 0 unspecified atom stereocenters. The third-order valence-electron chi connectivity index (χ3n) is 6.27. The molecule has 1 aliphatic heterocycles. The summed E-state index contributed by atoms with van der Waals surface area (Å²) in [5.41, 5.74) is 2.92. The highest BCUT2D eigenvalue weighted by Gasteiger charge is 2.48. The molecule has 0 saturated carbocycles. The van der Waals surface area contributed by atoms with Crippen molar-refractivity contribution in [3.63, 3.8) is 0 Å². The maximum absolute atomic E-state index is 13.4. The first-order valence-corrected chi connectivity index (χ1v) is 12.6. The number of thiazole rings is 1. The average Bonchev–Trinajstić information content (AvgIpc) is 3.41. The van der Waals surface area contributed by atoms with Crippen LogP contribution in [0.3, 0.4) is 0 Å². The Kier molecular flexibility index (Phi) is 6.28. The number of Topliss-reactive ketones (excluding diaryl/α,β-unsaturated/α-hetero) is 1. The molecule has 0 aliphatic carbocycles. The van der Waals surface area contributed by atoms with E-state index in [9.17, 15) is 14.7 Å². The Labute approximate surface area is 217 Å². The number of rotatable bonds is 5. The number of ketones is 1. The molecule has 2 heterocycles. The lowest BCUT2D eigenvalue weighted by Crippen LogP contribution is -2.29. The number of methoxy groups -OCH3 is 1. The van der Waals surface area contributed by atoms with Crippen molar-refractivity contribution in [2.75, 3.05) is 12.0 Å². The molecule has 4 aromatic rings. The summed E-state index contributed by atoms with van der Waals surface area (Å²) in [4.78, 5) is 32.8. The predicted molar refractivity (Wildman–Crippen MR) is 143 cm³/mol. The molecule has 1 fully saturated rings. The van der Waals surface area contributed by atoms with Gasteiger partial charge >= 0.3 is 5.91 Å². The van der Waals surface area contributed by atoms with E-state index in [2.05, 4.69) is 18.8 Å². The number of benzene rings is 3. The van der Waals surface area contributed by atoms with Crippen molar-refractivity contribution >= 4 is 55.7 Å². The van der Waals surface area contributed by atoms with Gasteiger partial charge in [-0.25, -0.2) is 4.98 Å². The number of hydrogen-bond donors (Lipinski definition) is 1. The minimum absolute atomic E-state index is 0.0106. The van der Waals surface area contributed by atoms with E-state index in [0.29, 0.717) is 38.5 Å². The van der Waals surface area contributed by atoms with Crippen molar-refractivity contribution < 1.29 is 19.4 Å². The third-order valence-corrected chi connectivity index (χ3v) is 7.54. The fraction of sp³-hybridized carbons (Fsp3) is 0.179. The van der Waals surface area contributed by atoms with Gasteiger partial charge in [-0.05, 0) is 59.5 Å². The molecule has 1 atom stereocenters. The molecule has 3 aromatic carbocycles. The molecule has 182 valence electrons. The number of hydrogen-bond acceptors (Lipinski definition) is 6. The van der Waals surface area contributed by atoms with Crippen LogP contribution in [0.1, 0.15) is 42.5 Å². The normalized spacial score (nSPS) is 17.4. The monoisotopic (exact) mass is 518 g/mol. The number of anilines is 1. The summed E-state index contributed by atoms with van der Waals surface area (Å²) in [6.07, 6.45) is 0. The Morgan fingerprint density at radius 3 is 2.39 bits per heavy atom. The van der Waals surface area contributed by atoms with Gasteiger partial charge in [0, 0.05) is 10.6 Å². The maximum Gasteiger partial charge on any atom is 0.301 e. The van der Waals surface area contributed by atoms with Gasteiger partial charge in [-0.3, -0.25) is 14.5 Å². The minimum Gasteiger partial charge on any atom is -0.507 e. The van der Waals surface area contributed by atoms with Crippen molar-refractivity contribution in [3.05, 3.63) is 94.0 Å². The lowest BCUT2D eigenvalue weighted by molar-refractivity contribution is -0.132. The summed E-state index contributed by atoms with van der Waals surface area (Å²) < 4.78 is 6.13. The molecule has 1 N–H and O–H groups in total. The summed E-state index contributed by atoms with van der Waals surface area (Å²) in [6.45, 7) is 4.19. The zero-order chi connectivity index (χ0) is 25.6. The summed E-state index contributed by atoms with van der Waals surface area (Å²) >= 11 is 7.30. The SMILES string of the molecule is COc1ccc2nc(N3C(=O)C(=O)/C(=C(/O)c4ccc(Cl)cc4)[C@H]3c3ccc(C(C)C)cc3)sc2c1. The van der Waals surface area contributed by atoms with Gasteiger partial charge in [-0.1, -0.05) is 61.1 Å². The highest BCUT2D eigenvalue weighted by atomic mass is 35.5. The van der Waals surface area contributed by atoms with Gasteiger partial charge in [0.25, 0.3) is 5.78 Å². The average molecular weight is 519 g/mol. The second-order valence-electron chi connectivity index (χ2n) is 8.83. The lowest BCUT2D eigenvalue weighted by Gasteiger charge is -2.23. The van der Waals surface area contributed by atoms with E-state index in [1.165, 1.54) is 16.2 Å². The van der Waals surface area contributed by atoms with Crippen LogP contribution < -0.4 is 9.64 Å². The molecule has 6 nitrogen and oxygen atoms in total. The largest absolute Gasteiger partial charge is 0.507 e. The second kappa shape index (κ2) is 9.41. The van der Waals surface area contributed by atoms with Gasteiger partial charge in [0.1, 0.15) is 11.5 Å². The zero-order valence-corrected chi connectivity index (χ0v) is 21.4. The first-order valence-electron chi connectivity index (χ1n) is 11.4. The number of nitrogens with zero attached hydrogens (tertiary/aromatic N) is 2. The van der Waals surface area contributed by atoms with Crippen molar-refractivity contribution in [1.29, 1.82) is 0 Å². The maximum atomic E-state index is 13.4. The lowest BCUT2D eigenvalue weighted by atomic mass is 9.93. The second-order valence-corrected chi connectivity index (χ2v) is 10.3. The molecule has 5 rings (SSSR count). The molecular formula is C28H23ClN2O4S. The third kappa shape index (κ3) is 4.14. The van der Waals surface area contributed by atoms with E-state index in [0.717, 1.165) is 10.3 Å². The summed E-state index contributed by atoms with van der Waals surface area (Å²) in [7, 11) is 1.58. The molecule has 0 bridgehead atoms. The number of amides is 1. The molecule has 0 radical (unpaired) electrons. The number of carbonyl (C=O) groups excluding carboxylic acids is 2. The van der Waals surface area contributed by atoms with E-state index in [4.69, 9.17) is 16.3 Å². The smallest absolute Gasteiger partial charge is 0.301 e. The molecular weight excluding hydrogens is 496 g/mol. The van der Waals surface area contributed by atoms with Crippen LogP contribution in [-0.4, -0.2) is 28.9 Å². The fourth-order valence-electron chi connectivity index (χ4n) is 4.29. The van der Waals surface area contributed by atoms with E-state index >= 15 is 0 Å². The number of fused-ring (bicyclic) bond motifs is 1. The van der Waals surface area contributed by atoms with Gasteiger partial charge in [-0.2, -0.15) is 0 Å². The number of aliphatic hydroxyl groups is 1. The highest BCUT2D eigenvalue weighted by molar-refractivity contribution is 7.22. The van der Waals surface area contributed by atoms with Crippen LogP contribution in [0.15, 0.2) is 72.3 Å². The van der Waals surface area contributed by atoms with E-state index in [-0.39, 0.29) is 11.3 Å². The molecule has 1 aliphatic rings. The quantitative estimate of drug-likeness (QED) is 0.180. The Hall–Kier alpha value is -3.68. The summed E-state index contributed by atoms with van der Waals surface area (Å²) in [6, 6.07) is 18.8. The Morgan fingerprint density at radius 2 is 1.75 bits per heavy atom. The first-order chi connectivity index (χ1) is 17.3. The van der Waals surface area contributed by atoms with E-state index in [1.807, 2.05) is 36.4 Å². The number of aromatic nitrogens is 1. The van der Waals surface area contributed by atoms with Crippen LogP contribution in [0.5, 0.6) is 5.75 Å². The number of carbonyl (C=O) groups is 2. The van der Waals surface area contributed by atoms with Gasteiger partial charge in [0.15, 0.2) is 5.13 Å². The van der Waals surface area contributed by atoms with Crippen molar-refractivity contribution in [2.24, 2.45) is 0 Å². The molecule has 1 saturated heterocycles. The van der Waals surface area contributed by atoms with Gasteiger partial charge < -0.3 is 9.84 Å². The van der Waals surface area contributed by atoms with Crippen LogP contribution >= 0.6 is 22.9 Å². The van der Waals surface area contributed by atoms with Gasteiger partial charge in [0.05, 0.1) is 28.9 Å². The van der Waals surface area contributed by atoms with Crippen LogP contribution in [0.2, 0.25) is 5.02 Å².